The molecular weight excluding hydrogens is 340 g/mol. The summed E-state index contributed by atoms with van der Waals surface area (Å²) >= 11 is 6.17. The fraction of sp³-hybridized carbons (Fsp3) is 0.444. The third-order valence-corrected chi connectivity index (χ3v) is 4.77. The fourth-order valence-corrected chi connectivity index (χ4v) is 3.40. The number of benzene rings is 1. The number of carbonyl (C=O) groups excluding carboxylic acids is 1. The number of fused-ring (bicyclic) bond motifs is 1. The molecular formula is C18H23ClN4O2. The molecule has 6 nitrogen and oxygen atoms in total. The Morgan fingerprint density at radius 2 is 2.20 bits per heavy atom. The van der Waals surface area contributed by atoms with Crippen molar-refractivity contribution in [3.8, 4) is 5.75 Å². The molecule has 0 N–H and O–H groups in total. The predicted octanol–water partition coefficient (Wildman–Crippen LogP) is 2.69. The number of nitrogens with zero attached hydrogens (tertiary/aromatic N) is 4. The summed E-state index contributed by atoms with van der Waals surface area (Å²) in [5.74, 6) is 0.547. The highest BCUT2D eigenvalue weighted by molar-refractivity contribution is 6.32. The molecule has 1 aliphatic rings. The molecule has 3 rings (SSSR count). The Bertz CT molecular complexity index is 759. The van der Waals surface area contributed by atoms with Crippen LogP contribution in [0.15, 0.2) is 30.5 Å². The van der Waals surface area contributed by atoms with Gasteiger partial charge in [0.15, 0.2) is 0 Å². The first-order chi connectivity index (χ1) is 12.0. The smallest absolute Gasteiger partial charge is 0.254 e. The summed E-state index contributed by atoms with van der Waals surface area (Å²) < 4.78 is 7.21. The number of amides is 1. The van der Waals surface area contributed by atoms with Crippen molar-refractivity contribution in [3.63, 3.8) is 0 Å². The van der Waals surface area contributed by atoms with Crippen molar-refractivity contribution in [2.24, 2.45) is 0 Å². The molecule has 0 radical (unpaired) electrons. The molecule has 1 amide bonds. The zero-order valence-electron chi connectivity index (χ0n) is 14.8. The summed E-state index contributed by atoms with van der Waals surface area (Å²) in [6, 6.07) is 7.31. The third kappa shape index (κ3) is 3.80. The summed E-state index contributed by atoms with van der Waals surface area (Å²) in [7, 11) is 5.66. The molecule has 0 spiro atoms. The topological polar surface area (TPSA) is 50.6 Å². The van der Waals surface area contributed by atoms with Crippen molar-refractivity contribution in [3.05, 3.63) is 46.7 Å². The van der Waals surface area contributed by atoms with E-state index in [4.69, 9.17) is 16.3 Å². The molecule has 1 aromatic heterocycles. The zero-order valence-corrected chi connectivity index (χ0v) is 15.5. The Hall–Kier alpha value is -2.05. The van der Waals surface area contributed by atoms with Crippen molar-refractivity contribution in [1.29, 1.82) is 0 Å². The van der Waals surface area contributed by atoms with Gasteiger partial charge in [-0.3, -0.25) is 9.48 Å². The van der Waals surface area contributed by atoms with E-state index >= 15 is 0 Å². The van der Waals surface area contributed by atoms with Gasteiger partial charge in [-0.05, 0) is 51.3 Å². The molecule has 2 aromatic rings. The SMILES string of the molecule is COc1ccc(C(=O)N2Cc3ccnn3C(CCN(C)C)C2)cc1Cl. The number of carbonyl (C=O) groups is 1. The van der Waals surface area contributed by atoms with E-state index in [9.17, 15) is 4.79 Å². The van der Waals surface area contributed by atoms with Crippen LogP contribution in [0.25, 0.3) is 0 Å². The van der Waals surface area contributed by atoms with Crippen LogP contribution in [-0.4, -0.2) is 59.8 Å². The Labute approximate surface area is 152 Å². The molecule has 2 heterocycles. The van der Waals surface area contributed by atoms with Crippen molar-refractivity contribution in [2.75, 3.05) is 34.3 Å². The number of rotatable bonds is 5. The first-order valence-electron chi connectivity index (χ1n) is 8.29. The maximum absolute atomic E-state index is 13.0. The molecule has 0 bridgehead atoms. The first-order valence-corrected chi connectivity index (χ1v) is 8.67. The van der Waals surface area contributed by atoms with Crippen LogP contribution < -0.4 is 4.74 Å². The summed E-state index contributed by atoms with van der Waals surface area (Å²) in [6.07, 6.45) is 2.74. The Kier molecular flexibility index (Phi) is 5.30. The molecule has 7 heteroatoms. The summed E-state index contributed by atoms with van der Waals surface area (Å²) in [5.41, 5.74) is 1.63. The second kappa shape index (κ2) is 7.45. The minimum absolute atomic E-state index is 0.0214. The van der Waals surface area contributed by atoms with E-state index in [2.05, 4.69) is 24.1 Å². The van der Waals surface area contributed by atoms with Crippen LogP contribution in [0.1, 0.15) is 28.5 Å². The van der Waals surface area contributed by atoms with Gasteiger partial charge >= 0.3 is 0 Å². The van der Waals surface area contributed by atoms with Gasteiger partial charge in [-0.1, -0.05) is 11.6 Å². The van der Waals surface area contributed by atoms with Crippen LogP contribution >= 0.6 is 11.6 Å². The quantitative estimate of drug-likeness (QED) is 0.820. The lowest BCUT2D eigenvalue weighted by Crippen LogP contribution is -2.42. The highest BCUT2D eigenvalue weighted by Gasteiger charge is 2.29. The summed E-state index contributed by atoms with van der Waals surface area (Å²) in [5, 5.41) is 4.89. The second-order valence-electron chi connectivity index (χ2n) is 6.55. The monoisotopic (exact) mass is 362 g/mol. The van der Waals surface area contributed by atoms with E-state index in [0.717, 1.165) is 18.7 Å². The molecule has 1 aromatic carbocycles. The van der Waals surface area contributed by atoms with Gasteiger partial charge in [-0.2, -0.15) is 5.10 Å². The van der Waals surface area contributed by atoms with Gasteiger partial charge in [0, 0.05) is 18.3 Å². The highest BCUT2D eigenvalue weighted by Crippen LogP contribution is 2.28. The lowest BCUT2D eigenvalue weighted by Gasteiger charge is -2.34. The Morgan fingerprint density at radius 1 is 1.40 bits per heavy atom. The van der Waals surface area contributed by atoms with Gasteiger partial charge in [0.1, 0.15) is 5.75 Å². The number of ether oxygens (including phenoxy) is 1. The number of hydrogen-bond acceptors (Lipinski definition) is 4. The summed E-state index contributed by atoms with van der Waals surface area (Å²) in [4.78, 5) is 17.0. The predicted molar refractivity (Wildman–Crippen MR) is 97.2 cm³/mol. The van der Waals surface area contributed by atoms with E-state index in [1.165, 1.54) is 0 Å². The molecule has 1 atom stereocenters. The second-order valence-corrected chi connectivity index (χ2v) is 6.96. The Morgan fingerprint density at radius 3 is 2.88 bits per heavy atom. The maximum Gasteiger partial charge on any atom is 0.254 e. The van der Waals surface area contributed by atoms with Gasteiger partial charge in [-0.15, -0.1) is 0 Å². The van der Waals surface area contributed by atoms with Gasteiger partial charge < -0.3 is 14.5 Å². The molecule has 1 aliphatic heterocycles. The Balaban J connectivity index is 1.80. The molecule has 0 saturated heterocycles. The van der Waals surface area contributed by atoms with E-state index in [1.807, 2.05) is 15.6 Å². The average Bonchev–Trinajstić information content (AvgIpc) is 3.07. The van der Waals surface area contributed by atoms with E-state index < -0.39 is 0 Å². The summed E-state index contributed by atoms with van der Waals surface area (Å²) in [6.45, 7) is 2.15. The van der Waals surface area contributed by atoms with Crippen LogP contribution in [0.5, 0.6) is 5.75 Å². The van der Waals surface area contributed by atoms with E-state index in [1.54, 1.807) is 31.5 Å². The highest BCUT2D eigenvalue weighted by atomic mass is 35.5. The van der Waals surface area contributed by atoms with E-state index in [0.29, 0.717) is 29.4 Å². The van der Waals surface area contributed by atoms with Gasteiger partial charge in [0.05, 0.1) is 30.4 Å². The fourth-order valence-electron chi connectivity index (χ4n) is 3.14. The number of methoxy groups -OCH3 is 1. The van der Waals surface area contributed by atoms with Crippen molar-refractivity contribution < 1.29 is 9.53 Å². The van der Waals surface area contributed by atoms with Crippen LogP contribution in [-0.2, 0) is 6.54 Å². The van der Waals surface area contributed by atoms with Crippen LogP contribution in [0, 0.1) is 0 Å². The van der Waals surface area contributed by atoms with Crippen LogP contribution in [0.4, 0.5) is 0 Å². The molecule has 134 valence electrons. The lowest BCUT2D eigenvalue weighted by molar-refractivity contribution is 0.0660. The first kappa shape index (κ1) is 17.8. The maximum atomic E-state index is 13.0. The molecule has 0 aliphatic carbocycles. The van der Waals surface area contributed by atoms with Gasteiger partial charge in [0.2, 0.25) is 0 Å². The number of aromatic nitrogens is 2. The van der Waals surface area contributed by atoms with Gasteiger partial charge in [-0.25, -0.2) is 0 Å². The molecule has 1 unspecified atom stereocenters. The minimum atomic E-state index is -0.0214. The molecule has 25 heavy (non-hydrogen) atoms. The van der Waals surface area contributed by atoms with Crippen LogP contribution in [0.2, 0.25) is 5.02 Å². The lowest BCUT2D eigenvalue weighted by atomic mass is 10.1. The molecule has 0 fully saturated rings. The normalized spacial score (nSPS) is 16.8. The number of halogens is 1. The zero-order chi connectivity index (χ0) is 18.0. The molecule has 0 saturated carbocycles. The largest absolute Gasteiger partial charge is 0.495 e. The minimum Gasteiger partial charge on any atom is -0.495 e. The van der Waals surface area contributed by atoms with Gasteiger partial charge in [0.25, 0.3) is 5.91 Å². The van der Waals surface area contributed by atoms with Crippen LogP contribution in [0.3, 0.4) is 0 Å². The number of hydrogen-bond donors (Lipinski definition) is 0. The van der Waals surface area contributed by atoms with Crippen molar-refractivity contribution >= 4 is 17.5 Å². The standard InChI is InChI=1S/C18H23ClN4O2/c1-21(2)9-7-15-12-22(11-14-6-8-20-23(14)15)18(24)13-4-5-17(25-3)16(19)10-13/h4-6,8,10,15H,7,9,11-12H2,1-3H3. The third-order valence-electron chi connectivity index (χ3n) is 4.48. The average molecular weight is 363 g/mol. The van der Waals surface area contributed by atoms with Crippen molar-refractivity contribution in [1.82, 2.24) is 19.6 Å². The van der Waals surface area contributed by atoms with Crippen molar-refractivity contribution in [2.45, 2.75) is 19.0 Å². The van der Waals surface area contributed by atoms with E-state index in [-0.39, 0.29) is 11.9 Å².